The van der Waals surface area contributed by atoms with E-state index in [1.807, 2.05) is 78.4 Å². The molecular formula is C30H47N3OS3. The lowest BCUT2D eigenvalue weighted by molar-refractivity contribution is 0.294. The van der Waals surface area contributed by atoms with Crippen molar-refractivity contribution in [2.45, 2.75) is 87.9 Å². The Balaban J connectivity index is 0.000000520. The zero-order valence-electron chi connectivity index (χ0n) is 22.7. The first-order valence-corrected chi connectivity index (χ1v) is 15.4. The van der Waals surface area contributed by atoms with Crippen molar-refractivity contribution in [1.29, 1.82) is 0 Å². The molecule has 0 bridgehead atoms. The first-order valence-electron chi connectivity index (χ1n) is 12.5. The van der Waals surface area contributed by atoms with Crippen LogP contribution in [0.15, 0.2) is 73.2 Å². The fourth-order valence-electron chi connectivity index (χ4n) is 2.93. The second-order valence-electron chi connectivity index (χ2n) is 8.87. The Bertz CT molecular complexity index is 898. The lowest BCUT2D eigenvalue weighted by Crippen LogP contribution is -2.05. The third-order valence-electron chi connectivity index (χ3n) is 4.49. The van der Waals surface area contributed by atoms with Crippen LogP contribution in [0.5, 0.6) is 0 Å². The third-order valence-corrected chi connectivity index (χ3v) is 8.08. The smallest absolute Gasteiger partial charge is 0.0703 e. The van der Waals surface area contributed by atoms with E-state index in [0.29, 0.717) is 21.0 Å². The van der Waals surface area contributed by atoms with Gasteiger partial charge in [0, 0.05) is 29.6 Å². The number of hydrogen-bond acceptors (Lipinski definition) is 7. The van der Waals surface area contributed by atoms with Gasteiger partial charge in [-0.25, -0.2) is 0 Å². The van der Waals surface area contributed by atoms with Gasteiger partial charge in [-0.2, -0.15) is 11.8 Å². The number of aliphatic hydroxyl groups is 1. The summed E-state index contributed by atoms with van der Waals surface area (Å²) in [7, 11) is 0. The molecule has 3 aromatic heterocycles. The van der Waals surface area contributed by atoms with Gasteiger partial charge < -0.3 is 5.11 Å². The van der Waals surface area contributed by atoms with E-state index in [0.717, 1.165) is 11.4 Å². The molecule has 4 nitrogen and oxygen atoms in total. The maximum absolute atomic E-state index is 9.17. The number of aromatic nitrogens is 3. The highest BCUT2D eigenvalue weighted by atomic mass is 32.2. The lowest BCUT2D eigenvalue weighted by Gasteiger charge is -2.15. The molecular weight excluding hydrogens is 515 g/mol. The van der Waals surface area contributed by atoms with Gasteiger partial charge in [-0.3, -0.25) is 15.0 Å². The Kier molecular flexibility index (Phi) is 20.5. The van der Waals surface area contributed by atoms with Crippen LogP contribution >= 0.6 is 35.3 Å². The number of hydrogen-bond donors (Lipinski definition) is 1. The van der Waals surface area contributed by atoms with E-state index in [1.165, 1.54) is 11.4 Å². The van der Waals surface area contributed by atoms with Crippen LogP contribution in [0.1, 0.15) is 83.5 Å². The maximum atomic E-state index is 9.17. The Morgan fingerprint density at radius 3 is 1.57 bits per heavy atom. The Labute approximate surface area is 239 Å². The van der Waals surface area contributed by atoms with Crippen LogP contribution in [-0.2, 0) is 5.75 Å². The van der Waals surface area contributed by atoms with Crippen molar-refractivity contribution in [3.8, 4) is 0 Å². The highest BCUT2D eigenvalue weighted by Gasteiger charge is 2.13. The molecule has 0 spiro atoms. The SMILES string of the molecule is C.CC(C)SC(C)c1ccccn1.CC(C)SC(CO)c1ccccn1.CC(C)SCc1ccccn1. The number of rotatable bonds is 10. The number of aliphatic hydroxyl groups excluding tert-OH is 1. The van der Waals surface area contributed by atoms with Gasteiger partial charge in [-0.1, -0.05) is 67.2 Å². The molecule has 7 heteroatoms. The molecule has 0 aliphatic carbocycles. The first kappa shape index (κ1) is 35.5. The minimum atomic E-state index is 0. The van der Waals surface area contributed by atoms with Crippen LogP contribution in [0.3, 0.4) is 0 Å². The van der Waals surface area contributed by atoms with E-state index in [-0.39, 0.29) is 19.3 Å². The molecule has 2 unspecified atom stereocenters. The van der Waals surface area contributed by atoms with Crippen LogP contribution in [-0.4, -0.2) is 42.4 Å². The van der Waals surface area contributed by atoms with Gasteiger partial charge in [-0.15, -0.1) is 23.5 Å². The molecule has 2 atom stereocenters. The van der Waals surface area contributed by atoms with E-state index in [4.69, 9.17) is 5.11 Å². The summed E-state index contributed by atoms with van der Waals surface area (Å²) in [6.07, 6.45) is 5.46. The average Bonchev–Trinajstić information content (AvgIpc) is 2.88. The maximum Gasteiger partial charge on any atom is 0.0703 e. The van der Waals surface area contributed by atoms with Crippen LogP contribution < -0.4 is 0 Å². The second-order valence-corrected chi connectivity index (χ2v) is 14.1. The summed E-state index contributed by atoms with van der Waals surface area (Å²) in [6, 6.07) is 17.9. The third kappa shape index (κ3) is 17.6. The summed E-state index contributed by atoms with van der Waals surface area (Å²) < 4.78 is 0. The van der Waals surface area contributed by atoms with Crippen LogP contribution in [0.4, 0.5) is 0 Å². The molecule has 0 aliphatic rings. The highest BCUT2D eigenvalue weighted by molar-refractivity contribution is 8.00. The fourth-order valence-corrected chi connectivity index (χ4v) is 5.72. The molecule has 0 radical (unpaired) electrons. The molecule has 0 saturated carbocycles. The minimum absolute atomic E-state index is 0. The van der Waals surface area contributed by atoms with Gasteiger partial charge in [0.1, 0.15) is 0 Å². The van der Waals surface area contributed by atoms with E-state index in [9.17, 15) is 0 Å². The summed E-state index contributed by atoms with van der Waals surface area (Å²) in [6.45, 7) is 15.4. The normalized spacial score (nSPS) is 12.1. The first-order chi connectivity index (χ1) is 17.2. The van der Waals surface area contributed by atoms with Crippen LogP contribution in [0.2, 0.25) is 0 Å². The summed E-state index contributed by atoms with van der Waals surface area (Å²) in [5, 5.41) is 11.7. The number of pyridine rings is 3. The van der Waals surface area contributed by atoms with Gasteiger partial charge in [0.2, 0.25) is 0 Å². The van der Waals surface area contributed by atoms with Crippen molar-refractivity contribution >= 4 is 35.3 Å². The molecule has 3 heterocycles. The summed E-state index contributed by atoms with van der Waals surface area (Å²) >= 11 is 5.61. The van der Waals surface area contributed by atoms with Crippen molar-refractivity contribution in [3.63, 3.8) is 0 Å². The van der Waals surface area contributed by atoms with Crippen LogP contribution in [0.25, 0.3) is 0 Å². The van der Waals surface area contributed by atoms with E-state index >= 15 is 0 Å². The average molecular weight is 562 g/mol. The molecule has 0 saturated heterocycles. The van der Waals surface area contributed by atoms with Crippen molar-refractivity contribution in [1.82, 2.24) is 15.0 Å². The van der Waals surface area contributed by atoms with Gasteiger partial charge >= 0.3 is 0 Å². The van der Waals surface area contributed by atoms with E-state index in [1.54, 1.807) is 18.0 Å². The number of nitrogens with zero attached hydrogens (tertiary/aromatic N) is 3. The van der Waals surface area contributed by atoms with Gasteiger partial charge in [0.25, 0.3) is 0 Å². The quantitative estimate of drug-likeness (QED) is 0.265. The summed E-state index contributed by atoms with van der Waals surface area (Å²) in [5.74, 6) is 1.03. The predicted octanol–water partition coefficient (Wildman–Crippen LogP) is 8.90. The number of thioether (sulfide) groups is 3. The molecule has 0 fully saturated rings. The second kappa shape index (κ2) is 21.4. The molecule has 37 heavy (non-hydrogen) atoms. The molecule has 0 aliphatic heterocycles. The van der Waals surface area contributed by atoms with Gasteiger partial charge in [0.15, 0.2) is 0 Å². The largest absolute Gasteiger partial charge is 0.395 e. The van der Waals surface area contributed by atoms with E-state index < -0.39 is 0 Å². The molecule has 0 amide bonds. The Morgan fingerprint density at radius 1 is 0.649 bits per heavy atom. The summed E-state index contributed by atoms with van der Waals surface area (Å²) in [5.41, 5.74) is 3.31. The summed E-state index contributed by atoms with van der Waals surface area (Å²) in [4.78, 5) is 12.8. The molecule has 1 N–H and O–H groups in total. The molecule has 0 aromatic carbocycles. The fraction of sp³-hybridized carbons (Fsp3) is 0.500. The zero-order valence-corrected chi connectivity index (χ0v) is 25.2. The molecule has 3 rings (SSSR count). The van der Waals surface area contributed by atoms with Gasteiger partial charge in [-0.05, 0) is 59.1 Å². The zero-order chi connectivity index (χ0) is 26.8. The topological polar surface area (TPSA) is 58.9 Å². The van der Waals surface area contributed by atoms with E-state index in [2.05, 4.69) is 75.6 Å². The van der Waals surface area contributed by atoms with Crippen molar-refractivity contribution in [2.24, 2.45) is 0 Å². The Morgan fingerprint density at radius 2 is 1.16 bits per heavy atom. The Hall–Kier alpha value is -1.54. The monoisotopic (exact) mass is 561 g/mol. The standard InChI is InChI=1S/C10H15NOS.C10H15NS.C9H13NS.CH4/c1-8(2)13-10(7-12)9-5-3-4-6-11-9;1-8(2)12-9(3)10-6-4-5-7-11-10;1-8(2)11-7-9-5-3-4-6-10-9;/h3-6,8,10,12H,7H2,1-2H3;4-9H,1-3H3;3-6,8H,7H2,1-2H3;1H4. The molecule has 206 valence electrons. The van der Waals surface area contributed by atoms with Crippen molar-refractivity contribution in [2.75, 3.05) is 6.61 Å². The highest BCUT2D eigenvalue weighted by Crippen LogP contribution is 2.30. The van der Waals surface area contributed by atoms with Crippen molar-refractivity contribution in [3.05, 3.63) is 90.3 Å². The minimum Gasteiger partial charge on any atom is -0.395 e. The molecule has 3 aromatic rings. The lowest BCUT2D eigenvalue weighted by atomic mass is 10.3. The predicted molar refractivity (Wildman–Crippen MR) is 170 cm³/mol. The van der Waals surface area contributed by atoms with Gasteiger partial charge in [0.05, 0.1) is 28.9 Å². The van der Waals surface area contributed by atoms with Crippen molar-refractivity contribution < 1.29 is 5.11 Å². The van der Waals surface area contributed by atoms with Crippen LogP contribution in [0, 0.1) is 0 Å².